The van der Waals surface area contributed by atoms with E-state index in [1.54, 1.807) is 11.9 Å². The Morgan fingerprint density at radius 3 is 2.31 bits per heavy atom. The normalized spacial score (nSPS) is 15.6. The van der Waals surface area contributed by atoms with E-state index in [1.807, 2.05) is 6.07 Å². The number of nitrogens with zero attached hydrogens (tertiary/aromatic N) is 3. The monoisotopic (exact) mass is 394 g/mol. The van der Waals surface area contributed by atoms with Crippen molar-refractivity contribution in [1.82, 2.24) is 14.7 Å². The minimum atomic E-state index is -0.0469. The molecule has 1 aliphatic heterocycles. The number of nitrogens with two attached hydrogens (primary N) is 1. The van der Waals surface area contributed by atoms with Crippen LogP contribution >= 0.6 is 0 Å². The fourth-order valence-electron chi connectivity index (χ4n) is 4.02. The lowest BCUT2D eigenvalue weighted by molar-refractivity contribution is -0.128. The lowest BCUT2D eigenvalue weighted by Gasteiger charge is -2.35. The number of hydrogen-bond acceptors (Lipinski definition) is 4. The number of amides is 1. The van der Waals surface area contributed by atoms with Gasteiger partial charge in [0.2, 0.25) is 5.91 Å². The van der Waals surface area contributed by atoms with Crippen LogP contribution in [0.2, 0.25) is 0 Å². The number of carbonyl (C=O) groups excluding carboxylic acids is 1. The van der Waals surface area contributed by atoms with Gasteiger partial charge in [-0.05, 0) is 68.3 Å². The molecule has 1 saturated heterocycles. The van der Waals surface area contributed by atoms with E-state index in [-0.39, 0.29) is 12.5 Å². The first kappa shape index (κ1) is 21.5. The maximum Gasteiger partial charge on any atom is 0.236 e. The molecule has 0 spiro atoms. The van der Waals surface area contributed by atoms with Gasteiger partial charge in [-0.3, -0.25) is 9.69 Å². The van der Waals surface area contributed by atoms with Crippen LogP contribution in [0.5, 0.6) is 0 Å². The number of likely N-dealkylation sites (tertiary alicyclic amines) is 1. The van der Waals surface area contributed by atoms with Crippen LogP contribution in [-0.2, 0) is 17.9 Å². The molecule has 1 fully saturated rings. The predicted octanol–water partition coefficient (Wildman–Crippen LogP) is 2.80. The van der Waals surface area contributed by atoms with Crippen molar-refractivity contribution in [2.24, 2.45) is 5.73 Å². The van der Waals surface area contributed by atoms with E-state index in [4.69, 9.17) is 5.73 Å². The average Bonchev–Trinajstić information content (AvgIpc) is 2.74. The fraction of sp³-hybridized carbons (Fsp3) is 0.458. The summed E-state index contributed by atoms with van der Waals surface area (Å²) in [6.07, 6.45) is 2.50. The summed E-state index contributed by atoms with van der Waals surface area (Å²) < 4.78 is 0. The summed E-state index contributed by atoms with van der Waals surface area (Å²) in [7, 11) is 6.16. The van der Waals surface area contributed by atoms with Crippen LogP contribution in [0, 0.1) is 0 Å². The zero-order chi connectivity index (χ0) is 20.8. The highest BCUT2D eigenvalue weighted by atomic mass is 16.2. The van der Waals surface area contributed by atoms with Gasteiger partial charge in [0.15, 0.2) is 0 Å². The summed E-state index contributed by atoms with van der Waals surface area (Å²) in [5.41, 5.74) is 10.3. The van der Waals surface area contributed by atoms with E-state index in [1.165, 1.54) is 42.6 Å². The van der Waals surface area contributed by atoms with Gasteiger partial charge >= 0.3 is 0 Å². The lowest BCUT2D eigenvalue weighted by Crippen LogP contribution is -2.41. The minimum Gasteiger partial charge on any atom is -0.340 e. The zero-order valence-electron chi connectivity index (χ0n) is 18.0. The Kier molecular flexibility index (Phi) is 7.42. The molecule has 5 heteroatoms. The molecule has 2 N–H and O–H groups in total. The van der Waals surface area contributed by atoms with Crippen molar-refractivity contribution in [1.29, 1.82) is 0 Å². The molecule has 0 atom stereocenters. The van der Waals surface area contributed by atoms with Gasteiger partial charge in [-0.25, -0.2) is 0 Å². The molecular formula is C24H34N4O. The summed E-state index contributed by atoms with van der Waals surface area (Å²) in [6, 6.07) is 18.0. The first-order chi connectivity index (χ1) is 14.0. The molecule has 0 aliphatic carbocycles. The van der Waals surface area contributed by atoms with E-state index in [0.717, 1.165) is 18.2 Å². The van der Waals surface area contributed by atoms with Crippen LogP contribution in [0.15, 0.2) is 48.5 Å². The highest BCUT2D eigenvalue weighted by Gasteiger charge is 2.20. The molecule has 2 aromatic rings. The summed E-state index contributed by atoms with van der Waals surface area (Å²) in [4.78, 5) is 18.3. The van der Waals surface area contributed by atoms with Crippen molar-refractivity contribution >= 4 is 5.91 Å². The first-order valence-corrected chi connectivity index (χ1v) is 10.5. The highest BCUT2D eigenvalue weighted by Crippen LogP contribution is 2.23. The van der Waals surface area contributed by atoms with Crippen LogP contribution in [0.3, 0.4) is 0 Å². The second kappa shape index (κ2) is 10.0. The molecule has 0 unspecified atom stereocenters. The van der Waals surface area contributed by atoms with Gasteiger partial charge in [-0.15, -0.1) is 0 Å². The first-order valence-electron chi connectivity index (χ1n) is 10.5. The Hall–Kier alpha value is -2.21. The SMILES string of the molecule is CN(Cc1cccc(-c2ccc(CN3CCC(N(C)C)CC3)cc2)c1)C(=O)CN. The number of likely N-dealkylation sites (N-methyl/N-ethyl adjacent to an activating group) is 1. The van der Waals surface area contributed by atoms with Crippen molar-refractivity contribution in [3.05, 3.63) is 59.7 Å². The molecule has 0 saturated carbocycles. The van der Waals surface area contributed by atoms with E-state index < -0.39 is 0 Å². The van der Waals surface area contributed by atoms with E-state index in [0.29, 0.717) is 6.54 Å². The van der Waals surface area contributed by atoms with Crippen molar-refractivity contribution in [3.8, 4) is 11.1 Å². The quantitative estimate of drug-likeness (QED) is 0.785. The van der Waals surface area contributed by atoms with Crippen molar-refractivity contribution in [2.45, 2.75) is 32.0 Å². The minimum absolute atomic E-state index is 0.0461. The number of piperidine rings is 1. The molecule has 0 radical (unpaired) electrons. The molecule has 2 aromatic carbocycles. The molecule has 0 bridgehead atoms. The Bertz CT molecular complexity index is 795. The topological polar surface area (TPSA) is 52.8 Å². The largest absolute Gasteiger partial charge is 0.340 e. The van der Waals surface area contributed by atoms with E-state index in [9.17, 15) is 4.79 Å². The van der Waals surface area contributed by atoms with Crippen LogP contribution in [-0.4, -0.2) is 67.4 Å². The summed E-state index contributed by atoms with van der Waals surface area (Å²) in [6.45, 7) is 3.98. The third-order valence-corrected chi connectivity index (χ3v) is 5.93. The number of benzene rings is 2. The van der Waals surface area contributed by atoms with Crippen LogP contribution in [0.4, 0.5) is 0 Å². The van der Waals surface area contributed by atoms with Crippen molar-refractivity contribution < 1.29 is 4.79 Å². The molecular weight excluding hydrogens is 360 g/mol. The zero-order valence-corrected chi connectivity index (χ0v) is 18.0. The average molecular weight is 395 g/mol. The van der Waals surface area contributed by atoms with Crippen LogP contribution < -0.4 is 5.73 Å². The smallest absolute Gasteiger partial charge is 0.236 e. The van der Waals surface area contributed by atoms with Gasteiger partial charge in [0.1, 0.15) is 0 Å². The van der Waals surface area contributed by atoms with Crippen LogP contribution in [0.1, 0.15) is 24.0 Å². The van der Waals surface area contributed by atoms with Crippen molar-refractivity contribution in [3.63, 3.8) is 0 Å². The number of rotatable bonds is 7. The van der Waals surface area contributed by atoms with Crippen molar-refractivity contribution in [2.75, 3.05) is 40.8 Å². The Labute approximate surface area is 175 Å². The number of hydrogen-bond donors (Lipinski definition) is 1. The molecule has 1 heterocycles. The van der Waals surface area contributed by atoms with E-state index >= 15 is 0 Å². The summed E-state index contributed by atoms with van der Waals surface area (Å²) in [5, 5.41) is 0. The highest BCUT2D eigenvalue weighted by molar-refractivity contribution is 5.77. The van der Waals surface area contributed by atoms with Gasteiger partial charge in [-0.2, -0.15) is 0 Å². The fourth-order valence-corrected chi connectivity index (χ4v) is 4.02. The molecule has 156 valence electrons. The molecule has 5 nitrogen and oxygen atoms in total. The summed E-state index contributed by atoms with van der Waals surface area (Å²) >= 11 is 0. The third-order valence-electron chi connectivity index (χ3n) is 5.93. The second-order valence-corrected chi connectivity index (χ2v) is 8.32. The third kappa shape index (κ3) is 5.89. The Morgan fingerprint density at radius 1 is 1.00 bits per heavy atom. The molecule has 1 aliphatic rings. The van der Waals surface area contributed by atoms with Gasteiger partial charge in [0, 0.05) is 26.2 Å². The molecule has 0 aromatic heterocycles. The maximum absolute atomic E-state index is 11.7. The Morgan fingerprint density at radius 2 is 1.69 bits per heavy atom. The van der Waals surface area contributed by atoms with Gasteiger partial charge < -0.3 is 15.5 Å². The molecule has 3 rings (SSSR count). The van der Waals surface area contributed by atoms with Gasteiger partial charge in [0.05, 0.1) is 6.54 Å². The molecule has 1 amide bonds. The van der Waals surface area contributed by atoms with Gasteiger partial charge in [-0.1, -0.05) is 42.5 Å². The summed E-state index contributed by atoms with van der Waals surface area (Å²) in [5.74, 6) is -0.0469. The maximum atomic E-state index is 11.7. The number of carbonyl (C=O) groups is 1. The molecule has 29 heavy (non-hydrogen) atoms. The predicted molar refractivity (Wildman–Crippen MR) is 119 cm³/mol. The van der Waals surface area contributed by atoms with Crippen LogP contribution in [0.25, 0.3) is 11.1 Å². The van der Waals surface area contributed by atoms with Gasteiger partial charge in [0.25, 0.3) is 0 Å². The standard InChI is InChI=1S/C24H34N4O/c1-26(2)23-11-13-28(14-12-23)18-19-7-9-21(10-8-19)22-6-4-5-20(15-22)17-27(3)24(29)16-25/h4-10,15,23H,11-14,16-18,25H2,1-3H3. The van der Waals surface area contributed by atoms with E-state index in [2.05, 4.69) is 66.4 Å². The second-order valence-electron chi connectivity index (χ2n) is 8.32. The lowest BCUT2D eigenvalue weighted by atomic mass is 10.0. The Balaban J connectivity index is 1.60.